The number of carbonyl (C=O) groups is 2. The third-order valence-corrected chi connectivity index (χ3v) is 5.57. The molecule has 1 aliphatic rings. The lowest BCUT2D eigenvalue weighted by molar-refractivity contribution is -0.129. The molecule has 1 N–H and O–H groups in total. The minimum atomic E-state index is -0.692. The van der Waals surface area contributed by atoms with E-state index < -0.39 is 23.1 Å². The third kappa shape index (κ3) is 5.04. The van der Waals surface area contributed by atoms with Crippen LogP contribution in [0.5, 0.6) is 0 Å². The minimum absolute atomic E-state index is 0.193. The second-order valence-electron chi connectivity index (χ2n) is 9.16. The normalized spacial score (nSPS) is 17.3. The average molecular weight is 416 g/mol. The molecule has 0 fully saturated rings. The van der Waals surface area contributed by atoms with Gasteiger partial charge in [-0.15, -0.1) is 0 Å². The zero-order chi connectivity index (χ0) is 22.6. The Morgan fingerprint density at radius 3 is 2.13 bits per heavy atom. The van der Waals surface area contributed by atoms with Crippen LogP contribution in [-0.4, -0.2) is 66.9 Å². The topological polar surface area (TPSA) is 64.1 Å². The molecule has 0 saturated carbocycles. The van der Waals surface area contributed by atoms with Crippen molar-refractivity contribution in [2.75, 3.05) is 45.2 Å². The van der Waals surface area contributed by atoms with E-state index in [1.54, 1.807) is 4.90 Å². The van der Waals surface area contributed by atoms with Crippen molar-refractivity contribution in [3.63, 3.8) is 0 Å². The molecule has 1 aromatic rings. The highest BCUT2D eigenvalue weighted by atomic mass is 16.3. The molecule has 166 valence electrons. The van der Waals surface area contributed by atoms with Crippen molar-refractivity contribution >= 4 is 17.4 Å². The van der Waals surface area contributed by atoms with Crippen molar-refractivity contribution < 1.29 is 14.7 Å². The molecule has 0 bridgehead atoms. The summed E-state index contributed by atoms with van der Waals surface area (Å²) in [5, 5.41) is 10.7. The summed E-state index contributed by atoms with van der Waals surface area (Å²) in [5.74, 6) is -1.06. The molecule has 2 rings (SSSR count). The number of carbonyl (C=O) groups excluding carboxylic acids is 2. The second-order valence-corrected chi connectivity index (χ2v) is 9.16. The van der Waals surface area contributed by atoms with Gasteiger partial charge in [-0.2, -0.15) is 0 Å². The molecule has 0 radical (unpaired) electrons. The van der Waals surface area contributed by atoms with Crippen molar-refractivity contribution in [2.24, 2.45) is 5.41 Å². The molecule has 1 unspecified atom stereocenters. The maximum Gasteiger partial charge on any atom is 0.290 e. The number of rotatable bonds is 9. The fourth-order valence-electron chi connectivity index (χ4n) is 3.88. The molecular formula is C24H37N3O3. The van der Waals surface area contributed by atoms with Crippen LogP contribution in [0.15, 0.2) is 35.6 Å². The summed E-state index contributed by atoms with van der Waals surface area (Å²) in [6, 6.07) is 7.44. The Morgan fingerprint density at radius 1 is 1.10 bits per heavy atom. The zero-order valence-corrected chi connectivity index (χ0v) is 19.5. The summed E-state index contributed by atoms with van der Waals surface area (Å²) < 4.78 is 0. The number of nitrogens with zero attached hydrogens (tertiary/aromatic N) is 3. The summed E-state index contributed by atoms with van der Waals surface area (Å²) in [5.41, 5.74) is 1.47. The second kappa shape index (κ2) is 9.65. The van der Waals surface area contributed by atoms with Crippen LogP contribution in [0.25, 0.3) is 0 Å². The Morgan fingerprint density at radius 2 is 1.67 bits per heavy atom. The van der Waals surface area contributed by atoms with Crippen LogP contribution in [0.4, 0.5) is 5.69 Å². The average Bonchev–Trinajstić information content (AvgIpc) is 2.93. The highest BCUT2D eigenvalue weighted by Crippen LogP contribution is 2.41. The first-order valence-corrected chi connectivity index (χ1v) is 10.8. The lowest BCUT2D eigenvalue weighted by Crippen LogP contribution is -2.34. The smallest absolute Gasteiger partial charge is 0.290 e. The molecule has 0 aliphatic carbocycles. The number of aliphatic hydroxyl groups is 1. The van der Waals surface area contributed by atoms with Gasteiger partial charge in [-0.3, -0.25) is 9.59 Å². The van der Waals surface area contributed by atoms with Crippen LogP contribution < -0.4 is 4.90 Å². The molecule has 1 aromatic carbocycles. The van der Waals surface area contributed by atoms with Crippen LogP contribution in [0, 0.1) is 5.41 Å². The van der Waals surface area contributed by atoms with Gasteiger partial charge >= 0.3 is 0 Å². The van der Waals surface area contributed by atoms with E-state index in [0.29, 0.717) is 6.54 Å². The van der Waals surface area contributed by atoms with Gasteiger partial charge in [0.2, 0.25) is 0 Å². The van der Waals surface area contributed by atoms with E-state index in [9.17, 15) is 14.7 Å². The van der Waals surface area contributed by atoms with Gasteiger partial charge in [-0.05, 0) is 58.6 Å². The van der Waals surface area contributed by atoms with E-state index in [1.165, 1.54) is 0 Å². The van der Waals surface area contributed by atoms with Crippen LogP contribution in [-0.2, 0) is 9.59 Å². The van der Waals surface area contributed by atoms with E-state index in [2.05, 4.69) is 23.6 Å². The maximum absolute atomic E-state index is 13.2. The van der Waals surface area contributed by atoms with E-state index in [0.717, 1.165) is 37.3 Å². The number of hydrogen-bond acceptors (Lipinski definition) is 5. The molecule has 1 heterocycles. The van der Waals surface area contributed by atoms with Crippen molar-refractivity contribution in [3.05, 3.63) is 41.2 Å². The zero-order valence-electron chi connectivity index (χ0n) is 19.5. The molecule has 1 aliphatic heterocycles. The Labute approximate surface area is 181 Å². The largest absolute Gasteiger partial charge is 0.503 e. The van der Waals surface area contributed by atoms with Gasteiger partial charge < -0.3 is 19.8 Å². The van der Waals surface area contributed by atoms with Crippen LogP contribution >= 0.6 is 0 Å². The van der Waals surface area contributed by atoms with Crippen LogP contribution in [0.2, 0.25) is 0 Å². The van der Waals surface area contributed by atoms with E-state index in [1.807, 2.05) is 59.1 Å². The first-order valence-electron chi connectivity index (χ1n) is 10.8. The highest BCUT2D eigenvalue weighted by Gasteiger charge is 2.45. The number of hydrogen-bond donors (Lipinski definition) is 1. The standard InChI is InChI=1S/C24H37N3O3/c1-8-26(9-2)18-13-11-17(12-14-18)20-19(22(29)24(3,4)5)21(28)23(30)27(20)16-10-15-25(6)7/h11-14,20,28H,8-10,15-16H2,1-7H3. The number of aliphatic hydroxyl groups excluding tert-OH is 1. The molecule has 0 aromatic heterocycles. The lowest BCUT2D eigenvalue weighted by atomic mass is 9.82. The number of benzene rings is 1. The first kappa shape index (κ1) is 23.9. The number of ketones is 1. The highest BCUT2D eigenvalue weighted by molar-refractivity contribution is 6.10. The summed E-state index contributed by atoms with van der Waals surface area (Å²) >= 11 is 0. The predicted molar refractivity (Wildman–Crippen MR) is 122 cm³/mol. The SMILES string of the molecule is CCN(CC)c1ccc(C2C(C(=O)C(C)(C)C)=C(O)C(=O)N2CCCN(C)C)cc1. The van der Waals surface area contributed by atoms with Crippen molar-refractivity contribution in [1.29, 1.82) is 0 Å². The maximum atomic E-state index is 13.2. The van der Waals surface area contributed by atoms with Gasteiger partial charge in [-0.25, -0.2) is 0 Å². The fraction of sp³-hybridized carbons (Fsp3) is 0.583. The van der Waals surface area contributed by atoms with Crippen molar-refractivity contribution in [2.45, 2.75) is 47.1 Å². The molecule has 1 atom stereocenters. The summed E-state index contributed by atoms with van der Waals surface area (Å²) in [7, 11) is 3.97. The molecule has 0 saturated heterocycles. The lowest BCUT2D eigenvalue weighted by Gasteiger charge is -2.30. The van der Waals surface area contributed by atoms with E-state index >= 15 is 0 Å². The molecule has 6 nitrogen and oxygen atoms in total. The van der Waals surface area contributed by atoms with Crippen LogP contribution in [0.1, 0.15) is 52.6 Å². The molecule has 1 amide bonds. The number of amides is 1. The Balaban J connectivity index is 2.46. The molecule has 0 spiro atoms. The van der Waals surface area contributed by atoms with Gasteiger partial charge in [0.25, 0.3) is 5.91 Å². The Bertz CT molecular complexity index is 787. The summed E-state index contributed by atoms with van der Waals surface area (Å²) in [6.45, 7) is 12.8. The van der Waals surface area contributed by atoms with Gasteiger partial charge in [0.15, 0.2) is 11.5 Å². The van der Waals surface area contributed by atoms with E-state index in [4.69, 9.17) is 0 Å². The Hall–Kier alpha value is -2.34. The van der Waals surface area contributed by atoms with Gasteiger partial charge in [0, 0.05) is 30.7 Å². The summed E-state index contributed by atoms with van der Waals surface area (Å²) in [4.78, 5) is 32.1. The first-order chi connectivity index (χ1) is 14.0. The van der Waals surface area contributed by atoms with Gasteiger partial charge in [0.05, 0.1) is 11.6 Å². The van der Waals surface area contributed by atoms with Crippen molar-refractivity contribution in [1.82, 2.24) is 9.80 Å². The molecule has 30 heavy (non-hydrogen) atoms. The monoisotopic (exact) mass is 415 g/mol. The summed E-state index contributed by atoms with van der Waals surface area (Å²) in [6.07, 6.45) is 0.761. The number of anilines is 1. The quantitative estimate of drug-likeness (QED) is 0.665. The predicted octanol–water partition coefficient (Wildman–Crippen LogP) is 3.80. The van der Waals surface area contributed by atoms with Gasteiger partial charge in [0.1, 0.15) is 0 Å². The van der Waals surface area contributed by atoms with Crippen molar-refractivity contribution in [3.8, 4) is 0 Å². The minimum Gasteiger partial charge on any atom is -0.503 e. The molecule has 6 heteroatoms. The van der Waals surface area contributed by atoms with Gasteiger partial charge in [-0.1, -0.05) is 32.9 Å². The van der Waals surface area contributed by atoms with E-state index in [-0.39, 0.29) is 11.4 Å². The Kier molecular flexibility index (Phi) is 7.70. The third-order valence-electron chi connectivity index (χ3n) is 5.57. The van der Waals surface area contributed by atoms with Crippen LogP contribution in [0.3, 0.4) is 0 Å². The number of Topliss-reactive ketones (excluding diaryl/α,β-unsaturated/α-hetero) is 1. The fourth-order valence-corrected chi connectivity index (χ4v) is 3.88. The molecular weight excluding hydrogens is 378 g/mol.